The number of benzene rings is 9. The highest BCUT2D eigenvalue weighted by Gasteiger charge is 2.17. The summed E-state index contributed by atoms with van der Waals surface area (Å²) in [7, 11) is 0. The molecule has 0 N–H and O–H groups in total. The number of rotatable bonds is 4. The van der Waals surface area contributed by atoms with Gasteiger partial charge in [-0.1, -0.05) is 151 Å². The second kappa shape index (κ2) is 11.1. The fourth-order valence-corrected chi connectivity index (χ4v) is 7.16. The number of furan rings is 1. The lowest BCUT2D eigenvalue weighted by Gasteiger charge is -2.18. The van der Waals surface area contributed by atoms with Crippen molar-refractivity contribution >= 4 is 54.3 Å². The minimum Gasteiger partial charge on any atom is -0.456 e. The molecule has 0 aliphatic heterocycles. The smallest absolute Gasteiger partial charge is 0.136 e. The molecule has 0 fully saturated rings. The zero-order valence-corrected chi connectivity index (χ0v) is 26.1. The van der Waals surface area contributed by atoms with Crippen LogP contribution in [-0.2, 0) is 0 Å². The zero-order valence-electron chi connectivity index (χ0n) is 34.1. The molecule has 0 aliphatic carbocycles. The van der Waals surface area contributed by atoms with Crippen LogP contribution in [0, 0.1) is 0 Å². The molecule has 1 aromatic heterocycles. The molecule has 0 amide bonds. The van der Waals surface area contributed by atoms with Gasteiger partial charge in [0.1, 0.15) is 11.2 Å². The van der Waals surface area contributed by atoms with E-state index >= 15 is 0 Å². The van der Waals surface area contributed by atoms with E-state index in [-0.39, 0.29) is 45.7 Å². The normalized spacial score (nSPS) is 14.0. The van der Waals surface area contributed by atoms with E-state index in [0.717, 1.165) is 55.0 Å². The Morgan fingerprint density at radius 1 is 0.327 bits per heavy atom. The van der Waals surface area contributed by atoms with Crippen molar-refractivity contribution < 1.29 is 15.4 Å². The molecule has 0 radical (unpaired) electrons. The van der Waals surface area contributed by atoms with Gasteiger partial charge in [-0.2, -0.15) is 0 Å². The van der Waals surface area contributed by atoms with Crippen LogP contribution in [0.25, 0.3) is 98.8 Å². The quantitative estimate of drug-likeness (QED) is 0.176. The molecule has 0 aliphatic rings. The fraction of sp³-hybridized carbons (Fsp3) is 0. The summed E-state index contributed by atoms with van der Waals surface area (Å²) < 4.78 is 78.6. The van der Waals surface area contributed by atoms with E-state index in [1.54, 1.807) is 0 Å². The molecule has 0 spiro atoms. The first-order valence-corrected chi connectivity index (χ1v) is 16.2. The van der Waals surface area contributed by atoms with Gasteiger partial charge >= 0.3 is 0 Å². The Balaban J connectivity index is 1.22. The van der Waals surface area contributed by atoms with Crippen LogP contribution in [0.4, 0.5) is 0 Å². The Morgan fingerprint density at radius 3 is 1.51 bits per heavy atom. The Bertz CT molecular complexity index is 3240. The van der Waals surface area contributed by atoms with Gasteiger partial charge < -0.3 is 4.42 Å². The van der Waals surface area contributed by atoms with Crippen molar-refractivity contribution in [1.29, 1.82) is 0 Å². The Morgan fingerprint density at radius 2 is 0.816 bits per heavy atom. The first-order chi connectivity index (χ1) is 27.6. The molecular weight excluding hydrogens is 593 g/mol. The minimum atomic E-state index is -0.429. The van der Waals surface area contributed by atoms with Crippen molar-refractivity contribution in [2.24, 2.45) is 0 Å². The van der Waals surface area contributed by atoms with E-state index in [0.29, 0.717) is 22.3 Å². The summed E-state index contributed by atoms with van der Waals surface area (Å²) in [6.45, 7) is 0. The average molecular weight is 631 g/mol. The van der Waals surface area contributed by atoms with Gasteiger partial charge in [-0.15, -0.1) is 0 Å². The summed E-state index contributed by atoms with van der Waals surface area (Å²) in [6, 6.07) is 40.4. The predicted octanol–water partition coefficient (Wildman–Crippen LogP) is 13.7. The molecule has 0 saturated carbocycles. The van der Waals surface area contributed by atoms with Gasteiger partial charge in [0.2, 0.25) is 0 Å². The van der Waals surface area contributed by atoms with Crippen LogP contribution in [0.1, 0.15) is 11.0 Å². The Kier molecular flexibility index (Phi) is 4.69. The largest absolute Gasteiger partial charge is 0.456 e. The summed E-state index contributed by atoms with van der Waals surface area (Å²) in [6.07, 6.45) is 0. The van der Waals surface area contributed by atoms with E-state index in [1.807, 2.05) is 103 Å². The molecule has 0 unspecified atom stereocenters. The second-order valence-corrected chi connectivity index (χ2v) is 12.3. The first kappa shape index (κ1) is 20.7. The van der Waals surface area contributed by atoms with Crippen LogP contribution in [0.15, 0.2) is 186 Å². The van der Waals surface area contributed by atoms with Crippen LogP contribution in [0.5, 0.6) is 0 Å². The zero-order chi connectivity index (χ0) is 39.3. The van der Waals surface area contributed by atoms with Crippen molar-refractivity contribution in [3.8, 4) is 44.5 Å². The van der Waals surface area contributed by atoms with Crippen LogP contribution in [0.3, 0.4) is 0 Å². The molecule has 10 aromatic rings. The highest BCUT2D eigenvalue weighted by atomic mass is 16.3. The van der Waals surface area contributed by atoms with Crippen molar-refractivity contribution in [2.75, 3.05) is 0 Å². The van der Waals surface area contributed by atoms with Crippen molar-refractivity contribution in [3.63, 3.8) is 0 Å². The van der Waals surface area contributed by atoms with Crippen LogP contribution >= 0.6 is 0 Å². The molecule has 1 heteroatoms. The lowest BCUT2D eigenvalue weighted by molar-refractivity contribution is 0.669. The van der Waals surface area contributed by atoms with E-state index in [2.05, 4.69) is 30.3 Å². The summed E-state index contributed by atoms with van der Waals surface area (Å²) >= 11 is 0. The van der Waals surface area contributed by atoms with Gasteiger partial charge in [-0.3, -0.25) is 0 Å². The first-order valence-electron chi connectivity index (χ1n) is 20.2. The molecule has 0 atom stereocenters. The van der Waals surface area contributed by atoms with Gasteiger partial charge in [0.15, 0.2) is 0 Å². The molecular formula is C48H30O. The van der Waals surface area contributed by atoms with Gasteiger partial charge in [0.25, 0.3) is 0 Å². The van der Waals surface area contributed by atoms with Gasteiger partial charge in [0, 0.05) is 10.8 Å². The molecule has 9 aromatic carbocycles. The molecule has 1 heterocycles. The maximum atomic E-state index is 9.30. The maximum absolute atomic E-state index is 9.30. The van der Waals surface area contributed by atoms with Gasteiger partial charge in [0.05, 0.1) is 11.0 Å². The van der Waals surface area contributed by atoms with E-state index < -0.39 is 24.2 Å². The highest BCUT2D eigenvalue weighted by Crippen LogP contribution is 2.44. The number of fused-ring (bicyclic) bond motifs is 6. The molecule has 1 nitrogen and oxygen atoms in total. The average Bonchev–Trinajstić information content (AvgIpc) is 3.61. The third-order valence-electron chi connectivity index (χ3n) is 9.48. The van der Waals surface area contributed by atoms with Crippen molar-refractivity contribution in [3.05, 3.63) is 182 Å². The lowest BCUT2D eigenvalue weighted by atomic mass is 9.85. The van der Waals surface area contributed by atoms with E-state index in [1.165, 1.54) is 0 Å². The number of hydrogen-bond donors (Lipinski definition) is 0. The summed E-state index contributed by atoms with van der Waals surface area (Å²) in [5.74, 6) is 0. The minimum absolute atomic E-state index is 0.183. The summed E-state index contributed by atoms with van der Waals surface area (Å²) in [5, 5.41) is 5.02. The summed E-state index contributed by atoms with van der Waals surface area (Å²) in [5.41, 5.74) is 6.87. The highest BCUT2D eigenvalue weighted by molar-refractivity contribution is 6.21. The third-order valence-corrected chi connectivity index (χ3v) is 9.48. The number of hydrogen-bond acceptors (Lipinski definition) is 1. The molecule has 49 heavy (non-hydrogen) atoms. The topological polar surface area (TPSA) is 13.1 Å². The summed E-state index contributed by atoms with van der Waals surface area (Å²) in [4.78, 5) is 0. The molecule has 10 rings (SSSR count). The molecule has 0 bridgehead atoms. The third kappa shape index (κ3) is 4.55. The standard InChI is InChI=1S/C48H30O/c1-2-11-31(12-3-1)34-15-10-16-38(27-34)48-42-19-8-6-17-40(42)47(41-18-7-9-20-43(41)48)33-23-21-32(22-24-33)37-25-26-39-44-28-35-13-4-5-14-36(35)29-46(44)49-45(39)30-37/h1-30H/i6D,7D,8D,9D,17D,18D,19D,20D. The van der Waals surface area contributed by atoms with Gasteiger partial charge in [-0.05, 0) is 107 Å². The Labute approximate surface area is 295 Å². The second-order valence-electron chi connectivity index (χ2n) is 12.3. The fourth-order valence-electron chi connectivity index (χ4n) is 7.16. The molecule has 228 valence electrons. The van der Waals surface area contributed by atoms with Crippen molar-refractivity contribution in [2.45, 2.75) is 0 Å². The van der Waals surface area contributed by atoms with Crippen LogP contribution in [-0.4, -0.2) is 0 Å². The monoisotopic (exact) mass is 630 g/mol. The SMILES string of the molecule is [2H]c1c([2H])c([2H])c2c(-c3cccc(-c4ccccc4)c3)c3c([2H])c([2H])c([2H])c([2H])c3c(-c3ccc(-c4ccc5c(c4)oc4cc6ccccc6cc45)cc3)c2c1[2H]. The predicted molar refractivity (Wildman–Crippen MR) is 208 cm³/mol. The van der Waals surface area contributed by atoms with E-state index in [4.69, 9.17) is 9.90 Å². The molecule has 0 saturated heterocycles. The van der Waals surface area contributed by atoms with Crippen molar-refractivity contribution in [1.82, 2.24) is 0 Å². The van der Waals surface area contributed by atoms with Gasteiger partial charge in [-0.25, -0.2) is 0 Å². The lowest BCUT2D eigenvalue weighted by Crippen LogP contribution is -1.91. The maximum Gasteiger partial charge on any atom is 0.136 e. The Hall–Kier alpha value is -6.44. The van der Waals surface area contributed by atoms with E-state index in [9.17, 15) is 5.48 Å². The van der Waals surface area contributed by atoms with Crippen LogP contribution in [0.2, 0.25) is 0 Å². The van der Waals surface area contributed by atoms with Crippen LogP contribution < -0.4 is 0 Å².